The summed E-state index contributed by atoms with van der Waals surface area (Å²) in [6.07, 6.45) is 2.70. The van der Waals surface area contributed by atoms with Crippen molar-refractivity contribution >= 4 is 11.8 Å². The molecule has 0 bridgehead atoms. The lowest BCUT2D eigenvalue weighted by atomic mass is 9.95. The number of likely N-dealkylation sites (tertiary alicyclic amines) is 1. The van der Waals surface area contributed by atoms with Crippen molar-refractivity contribution in [2.75, 3.05) is 26.7 Å². The second-order valence-electron chi connectivity index (χ2n) is 7.80. The minimum atomic E-state index is -0.456. The van der Waals surface area contributed by atoms with E-state index >= 15 is 0 Å². The predicted molar refractivity (Wildman–Crippen MR) is 105 cm³/mol. The molecule has 5 nitrogen and oxygen atoms in total. The molecule has 0 radical (unpaired) electrons. The van der Waals surface area contributed by atoms with E-state index in [0.29, 0.717) is 23.8 Å². The molecular formula is C21H33N3O2. The molecule has 2 amide bonds. The average molecular weight is 360 g/mol. The van der Waals surface area contributed by atoms with Crippen molar-refractivity contribution in [3.05, 3.63) is 35.4 Å². The van der Waals surface area contributed by atoms with Gasteiger partial charge in [-0.05, 0) is 63.2 Å². The Bertz CT molecular complexity index is 607. The summed E-state index contributed by atoms with van der Waals surface area (Å²) in [5.41, 5.74) is 1.57. The lowest BCUT2D eigenvalue weighted by molar-refractivity contribution is -0.135. The number of nitrogens with one attached hydrogen (secondary N) is 2. The highest BCUT2D eigenvalue weighted by atomic mass is 16.2. The quantitative estimate of drug-likeness (QED) is 0.787. The molecule has 26 heavy (non-hydrogen) atoms. The van der Waals surface area contributed by atoms with E-state index in [0.717, 1.165) is 38.0 Å². The predicted octanol–water partition coefficient (Wildman–Crippen LogP) is 2.60. The minimum Gasteiger partial charge on any atom is -0.341 e. The van der Waals surface area contributed by atoms with Crippen molar-refractivity contribution in [2.45, 2.75) is 46.1 Å². The van der Waals surface area contributed by atoms with Crippen LogP contribution in [-0.2, 0) is 4.79 Å². The Hall–Kier alpha value is -1.88. The SMILES string of the molecule is CNCC1CCN(C(=O)C(CC(C)C)NC(=O)c2ccccc2C)CC1. The molecule has 1 aromatic rings. The van der Waals surface area contributed by atoms with E-state index in [1.807, 2.05) is 43.1 Å². The lowest BCUT2D eigenvalue weighted by Gasteiger charge is -2.34. The highest BCUT2D eigenvalue weighted by Gasteiger charge is 2.30. The zero-order valence-corrected chi connectivity index (χ0v) is 16.5. The number of hydrogen-bond donors (Lipinski definition) is 2. The molecule has 0 saturated carbocycles. The molecule has 0 spiro atoms. The maximum atomic E-state index is 13.0. The molecular weight excluding hydrogens is 326 g/mol. The number of amides is 2. The van der Waals surface area contributed by atoms with Crippen LogP contribution in [-0.4, -0.2) is 49.4 Å². The second-order valence-corrected chi connectivity index (χ2v) is 7.80. The molecule has 5 heteroatoms. The Morgan fingerprint density at radius 1 is 1.19 bits per heavy atom. The molecule has 144 valence electrons. The van der Waals surface area contributed by atoms with Crippen molar-refractivity contribution < 1.29 is 9.59 Å². The summed E-state index contributed by atoms with van der Waals surface area (Å²) in [6.45, 7) is 8.64. The van der Waals surface area contributed by atoms with Gasteiger partial charge in [0.25, 0.3) is 5.91 Å². The molecule has 1 atom stereocenters. The summed E-state index contributed by atoms with van der Waals surface area (Å²) in [7, 11) is 1.97. The van der Waals surface area contributed by atoms with Gasteiger partial charge in [-0.25, -0.2) is 0 Å². The molecule has 0 aliphatic carbocycles. The third kappa shape index (κ3) is 5.56. The Morgan fingerprint density at radius 3 is 2.42 bits per heavy atom. The number of nitrogens with zero attached hydrogens (tertiary/aromatic N) is 1. The number of carbonyl (C=O) groups excluding carboxylic acids is 2. The lowest BCUT2D eigenvalue weighted by Crippen LogP contribution is -2.51. The molecule has 1 fully saturated rings. The first-order chi connectivity index (χ1) is 12.4. The number of carbonyl (C=O) groups is 2. The van der Waals surface area contributed by atoms with E-state index in [1.165, 1.54) is 0 Å². The van der Waals surface area contributed by atoms with Gasteiger partial charge in [0.05, 0.1) is 0 Å². The fraction of sp³-hybridized carbons (Fsp3) is 0.619. The molecule has 1 saturated heterocycles. The largest absolute Gasteiger partial charge is 0.341 e. The number of rotatable bonds is 7. The summed E-state index contributed by atoms with van der Waals surface area (Å²) in [5, 5.41) is 6.22. The minimum absolute atomic E-state index is 0.0588. The van der Waals surface area contributed by atoms with Crippen LogP contribution in [0.15, 0.2) is 24.3 Å². The van der Waals surface area contributed by atoms with Gasteiger partial charge in [0.2, 0.25) is 5.91 Å². The van der Waals surface area contributed by atoms with Gasteiger partial charge in [-0.1, -0.05) is 32.0 Å². The van der Waals surface area contributed by atoms with Crippen molar-refractivity contribution in [3.63, 3.8) is 0 Å². The Kier molecular flexibility index (Phi) is 7.64. The maximum Gasteiger partial charge on any atom is 0.252 e. The fourth-order valence-corrected chi connectivity index (χ4v) is 3.62. The first-order valence-corrected chi connectivity index (χ1v) is 9.72. The monoisotopic (exact) mass is 359 g/mol. The van der Waals surface area contributed by atoms with Crippen LogP contribution < -0.4 is 10.6 Å². The van der Waals surface area contributed by atoms with Crippen LogP contribution in [0.1, 0.15) is 49.0 Å². The smallest absolute Gasteiger partial charge is 0.252 e. The number of aryl methyl sites for hydroxylation is 1. The van der Waals surface area contributed by atoms with Crippen LogP contribution in [0.5, 0.6) is 0 Å². The number of piperidine rings is 1. The van der Waals surface area contributed by atoms with Crippen LogP contribution in [0, 0.1) is 18.8 Å². The molecule has 1 aliphatic heterocycles. The van der Waals surface area contributed by atoms with E-state index in [2.05, 4.69) is 24.5 Å². The summed E-state index contributed by atoms with van der Waals surface area (Å²) in [5.74, 6) is 0.868. The maximum absolute atomic E-state index is 13.0. The highest BCUT2D eigenvalue weighted by molar-refractivity contribution is 5.98. The van der Waals surface area contributed by atoms with Gasteiger partial charge in [0.1, 0.15) is 6.04 Å². The highest BCUT2D eigenvalue weighted by Crippen LogP contribution is 2.19. The fourth-order valence-electron chi connectivity index (χ4n) is 3.62. The zero-order chi connectivity index (χ0) is 19.1. The third-order valence-corrected chi connectivity index (χ3v) is 5.12. The normalized spacial score (nSPS) is 16.6. The van der Waals surface area contributed by atoms with E-state index < -0.39 is 6.04 Å². The number of benzene rings is 1. The molecule has 2 rings (SSSR count). The molecule has 0 aromatic heterocycles. The van der Waals surface area contributed by atoms with E-state index in [-0.39, 0.29) is 11.8 Å². The Labute approximate surface area is 157 Å². The Balaban J connectivity index is 2.03. The van der Waals surface area contributed by atoms with E-state index in [9.17, 15) is 9.59 Å². The van der Waals surface area contributed by atoms with Crippen molar-refractivity contribution in [1.29, 1.82) is 0 Å². The van der Waals surface area contributed by atoms with Gasteiger partial charge >= 0.3 is 0 Å². The van der Waals surface area contributed by atoms with Gasteiger partial charge in [-0.15, -0.1) is 0 Å². The molecule has 1 unspecified atom stereocenters. The second kappa shape index (κ2) is 9.72. The van der Waals surface area contributed by atoms with Gasteiger partial charge in [0, 0.05) is 18.7 Å². The van der Waals surface area contributed by atoms with Gasteiger partial charge < -0.3 is 15.5 Å². The Morgan fingerprint density at radius 2 is 1.85 bits per heavy atom. The van der Waals surface area contributed by atoms with E-state index in [1.54, 1.807) is 0 Å². The van der Waals surface area contributed by atoms with Crippen LogP contribution in [0.3, 0.4) is 0 Å². The number of hydrogen-bond acceptors (Lipinski definition) is 3. The van der Waals surface area contributed by atoms with Crippen LogP contribution >= 0.6 is 0 Å². The summed E-state index contributed by atoms with van der Waals surface area (Å²) < 4.78 is 0. The first-order valence-electron chi connectivity index (χ1n) is 9.72. The molecule has 2 N–H and O–H groups in total. The van der Waals surface area contributed by atoms with Crippen molar-refractivity contribution in [3.8, 4) is 0 Å². The summed E-state index contributed by atoms with van der Waals surface area (Å²) >= 11 is 0. The van der Waals surface area contributed by atoms with Gasteiger partial charge in [-0.3, -0.25) is 9.59 Å². The summed E-state index contributed by atoms with van der Waals surface area (Å²) in [4.78, 5) is 27.7. The van der Waals surface area contributed by atoms with Crippen LogP contribution in [0.25, 0.3) is 0 Å². The molecule has 1 aromatic carbocycles. The third-order valence-electron chi connectivity index (χ3n) is 5.12. The van der Waals surface area contributed by atoms with Crippen LogP contribution in [0.4, 0.5) is 0 Å². The molecule has 1 heterocycles. The zero-order valence-electron chi connectivity index (χ0n) is 16.5. The summed E-state index contributed by atoms with van der Waals surface area (Å²) in [6, 6.07) is 7.04. The first kappa shape index (κ1) is 20.4. The van der Waals surface area contributed by atoms with Gasteiger partial charge in [-0.2, -0.15) is 0 Å². The van der Waals surface area contributed by atoms with Crippen molar-refractivity contribution in [1.82, 2.24) is 15.5 Å². The van der Waals surface area contributed by atoms with E-state index in [4.69, 9.17) is 0 Å². The van der Waals surface area contributed by atoms with Crippen molar-refractivity contribution in [2.24, 2.45) is 11.8 Å². The van der Waals surface area contributed by atoms with Crippen LogP contribution in [0.2, 0.25) is 0 Å². The van der Waals surface area contributed by atoms with Gasteiger partial charge in [0.15, 0.2) is 0 Å². The standard InChI is InChI=1S/C21H33N3O2/c1-15(2)13-19(23-20(25)18-8-6-5-7-16(18)3)21(26)24-11-9-17(10-12-24)14-22-4/h5-8,15,17,19,22H,9-14H2,1-4H3,(H,23,25). The topological polar surface area (TPSA) is 61.4 Å². The molecule has 1 aliphatic rings. The average Bonchev–Trinajstić information content (AvgIpc) is 2.61.